The van der Waals surface area contributed by atoms with Gasteiger partial charge >= 0.3 is 0 Å². The summed E-state index contributed by atoms with van der Waals surface area (Å²) >= 11 is 3.58. The molecule has 0 aliphatic carbocycles. The normalized spacial score (nSPS) is 10.8. The van der Waals surface area contributed by atoms with Crippen molar-refractivity contribution in [1.29, 1.82) is 0 Å². The Balaban J connectivity index is 1.94. The van der Waals surface area contributed by atoms with E-state index >= 15 is 0 Å². The predicted molar refractivity (Wildman–Crippen MR) is 117 cm³/mol. The summed E-state index contributed by atoms with van der Waals surface area (Å²) < 4.78 is 12.1. The van der Waals surface area contributed by atoms with Gasteiger partial charge in [-0.25, -0.2) is 0 Å². The van der Waals surface area contributed by atoms with Crippen LogP contribution in [-0.2, 0) is 11.3 Å². The number of nitrogens with one attached hydrogen (secondary N) is 2. The first-order valence-electron chi connectivity index (χ1n) is 9.45. The highest BCUT2D eigenvalue weighted by atomic mass is 79.9. The maximum absolute atomic E-state index is 12.2. The quantitative estimate of drug-likeness (QED) is 0.506. The van der Waals surface area contributed by atoms with Crippen LogP contribution in [0.25, 0.3) is 0 Å². The van der Waals surface area contributed by atoms with Crippen molar-refractivity contribution in [2.75, 3.05) is 25.6 Å². The van der Waals surface area contributed by atoms with E-state index in [4.69, 9.17) is 9.47 Å². The van der Waals surface area contributed by atoms with Crippen molar-refractivity contribution in [1.82, 2.24) is 5.32 Å². The number of amides is 1. The number of hydrogen-bond acceptors (Lipinski definition) is 4. The van der Waals surface area contributed by atoms with Crippen molar-refractivity contribution >= 4 is 27.5 Å². The highest BCUT2D eigenvalue weighted by Gasteiger charge is 2.12. The van der Waals surface area contributed by atoms with E-state index in [0.717, 1.165) is 40.8 Å². The van der Waals surface area contributed by atoms with Gasteiger partial charge in [0.05, 0.1) is 7.11 Å². The first-order chi connectivity index (χ1) is 13.4. The number of methoxy groups -OCH3 is 1. The number of carbonyl (C=O) groups excluding carboxylic acids is 1. The third-order valence-corrected chi connectivity index (χ3v) is 4.98. The van der Waals surface area contributed by atoms with Crippen LogP contribution in [0.2, 0.25) is 0 Å². The van der Waals surface area contributed by atoms with Crippen LogP contribution in [0.4, 0.5) is 5.69 Å². The van der Waals surface area contributed by atoms with Crippen LogP contribution in [0.3, 0.4) is 0 Å². The van der Waals surface area contributed by atoms with E-state index in [1.165, 1.54) is 0 Å². The third kappa shape index (κ3) is 7.17. The molecule has 0 aromatic heterocycles. The molecule has 28 heavy (non-hydrogen) atoms. The maximum Gasteiger partial charge on any atom is 0.262 e. The molecular weight excluding hydrogens is 420 g/mol. The van der Waals surface area contributed by atoms with E-state index < -0.39 is 0 Å². The number of carbonyl (C=O) groups is 1. The summed E-state index contributed by atoms with van der Waals surface area (Å²) in [4.78, 5) is 12.2. The molecular formula is C22H29BrN2O3. The summed E-state index contributed by atoms with van der Waals surface area (Å²) in [6, 6.07) is 11.4. The lowest BCUT2D eigenvalue weighted by Crippen LogP contribution is -2.20. The fourth-order valence-electron chi connectivity index (χ4n) is 2.58. The molecule has 5 nitrogen and oxygen atoms in total. The van der Waals surface area contributed by atoms with Crippen molar-refractivity contribution < 1.29 is 14.3 Å². The minimum atomic E-state index is -0.221. The minimum Gasteiger partial charge on any atom is -0.493 e. The number of aryl methyl sites for hydroxylation is 1. The van der Waals surface area contributed by atoms with Crippen LogP contribution in [0.15, 0.2) is 40.9 Å². The molecule has 0 saturated heterocycles. The van der Waals surface area contributed by atoms with Crippen molar-refractivity contribution in [2.24, 2.45) is 5.92 Å². The molecule has 2 aromatic rings. The van der Waals surface area contributed by atoms with E-state index in [2.05, 4.69) is 40.4 Å². The summed E-state index contributed by atoms with van der Waals surface area (Å²) in [5.41, 5.74) is 2.97. The fraction of sp³-hybridized carbons (Fsp3) is 0.409. The van der Waals surface area contributed by atoms with Crippen molar-refractivity contribution in [2.45, 2.75) is 33.7 Å². The van der Waals surface area contributed by atoms with Gasteiger partial charge in [0, 0.05) is 16.7 Å². The number of ether oxygens (including phenoxy) is 2. The summed E-state index contributed by atoms with van der Waals surface area (Å²) in [5.74, 6) is 1.58. The molecule has 0 heterocycles. The number of halogens is 1. The standard InChI is InChI=1S/C22H29BrN2O3/c1-15(2)9-10-24-13-17-11-20(27-4)21(12-19(17)23)28-14-22(26)25-18-7-5-16(3)6-8-18/h5-8,11-12,15,24H,9-10,13-14H2,1-4H3,(H,25,26). The first-order valence-corrected chi connectivity index (χ1v) is 10.2. The minimum absolute atomic E-state index is 0.0946. The summed E-state index contributed by atoms with van der Waals surface area (Å²) in [5, 5.41) is 6.26. The van der Waals surface area contributed by atoms with E-state index in [-0.39, 0.29) is 12.5 Å². The lowest BCUT2D eigenvalue weighted by molar-refractivity contribution is -0.118. The molecule has 0 unspecified atom stereocenters. The van der Waals surface area contributed by atoms with Gasteiger partial charge in [-0.2, -0.15) is 0 Å². The molecule has 0 aliphatic heterocycles. The second-order valence-corrected chi connectivity index (χ2v) is 8.01. The molecule has 2 N–H and O–H groups in total. The SMILES string of the molecule is COc1cc(CNCCC(C)C)c(Br)cc1OCC(=O)Nc1ccc(C)cc1. The summed E-state index contributed by atoms with van der Waals surface area (Å²) in [6.45, 7) is 8.02. The first kappa shape index (κ1) is 22.2. The Kier molecular flexibility index (Phi) is 8.80. The van der Waals surface area contributed by atoms with Gasteiger partial charge < -0.3 is 20.1 Å². The average molecular weight is 449 g/mol. The zero-order valence-electron chi connectivity index (χ0n) is 17.0. The Morgan fingerprint density at radius 3 is 2.50 bits per heavy atom. The topological polar surface area (TPSA) is 59.6 Å². The van der Waals surface area contributed by atoms with Gasteiger partial charge in [-0.3, -0.25) is 4.79 Å². The average Bonchev–Trinajstić information content (AvgIpc) is 2.66. The van der Waals surface area contributed by atoms with Gasteiger partial charge in [0.25, 0.3) is 5.91 Å². The summed E-state index contributed by atoms with van der Waals surface area (Å²) in [6.07, 6.45) is 1.13. The molecule has 0 radical (unpaired) electrons. The largest absolute Gasteiger partial charge is 0.493 e. The maximum atomic E-state index is 12.2. The van der Waals surface area contributed by atoms with E-state index in [0.29, 0.717) is 17.4 Å². The van der Waals surface area contributed by atoms with Gasteiger partial charge in [0.15, 0.2) is 18.1 Å². The molecule has 0 aliphatic rings. The Bertz CT molecular complexity index is 776. The van der Waals surface area contributed by atoms with Gasteiger partial charge in [-0.15, -0.1) is 0 Å². The van der Waals surface area contributed by atoms with Crippen molar-refractivity contribution in [3.63, 3.8) is 0 Å². The summed E-state index contributed by atoms with van der Waals surface area (Å²) in [7, 11) is 1.60. The number of hydrogen-bond donors (Lipinski definition) is 2. The fourth-order valence-corrected chi connectivity index (χ4v) is 3.04. The number of rotatable bonds is 10. The molecule has 6 heteroatoms. The van der Waals surface area contributed by atoms with Crippen LogP contribution >= 0.6 is 15.9 Å². The second-order valence-electron chi connectivity index (χ2n) is 7.16. The van der Waals surface area contributed by atoms with E-state index in [1.807, 2.05) is 43.3 Å². The van der Waals surface area contributed by atoms with Gasteiger partial charge in [0.1, 0.15) is 0 Å². The second kappa shape index (κ2) is 11.1. The smallest absolute Gasteiger partial charge is 0.262 e. The van der Waals surface area contributed by atoms with E-state index in [1.54, 1.807) is 7.11 Å². The monoisotopic (exact) mass is 448 g/mol. The third-order valence-electron chi connectivity index (χ3n) is 4.24. The molecule has 0 fully saturated rings. The number of anilines is 1. The van der Waals surface area contributed by atoms with Crippen molar-refractivity contribution in [3.05, 3.63) is 52.0 Å². The molecule has 0 spiro atoms. The molecule has 0 bridgehead atoms. The Morgan fingerprint density at radius 2 is 1.86 bits per heavy atom. The highest BCUT2D eigenvalue weighted by molar-refractivity contribution is 9.10. The van der Waals surface area contributed by atoms with Crippen LogP contribution in [0, 0.1) is 12.8 Å². The zero-order chi connectivity index (χ0) is 20.5. The lowest BCUT2D eigenvalue weighted by Gasteiger charge is -2.15. The predicted octanol–water partition coefficient (Wildman–Crippen LogP) is 4.92. The van der Waals surface area contributed by atoms with Crippen LogP contribution in [0.5, 0.6) is 11.5 Å². The molecule has 1 amide bonds. The molecule has 152 valence electrons. The van der Waals surface area contributed by atoms with Gasteiger partial charge in [-0.05, 0) is 55.6 Å². The Hall–Kier alpha value is -2.05. The van der Waals surface area contributed by atoms with Crippen LogP contribution in [0.1, 0.15) is 31.4 Å². The van der Waals surface area contributed by atoms with Crippen LogP contribution in [-0.4, -0.2) is 26.2 Å². The highest BCUT2D eigenvalue weighted by Crippen LogP contribution is 2.33. The Labute approximate surface area is 175 Å². The molecule has 2 aromatic carbocycles. The van der Waals surface area contributed by atoms with Crippen molar-refractivity contribution in [3.8, 4) is 11.5 Å². The Morgan fingerprint density at radius 1 is 1.14 bits per heavy atom. The van der Waals surface area contributed by atoms with Gasteiger partial charge in [0.2, 0.25) is 0 Å². The van der Waals surface area contributed by atoms with Crippen LogP contribution < -0.4 is 20.1 Å². The lowest BCUT2D eigenvalue weighted by atomic mass is 10.1. The molecule has 0 saturated carbocycles. The molecule has 0 atom stereocenters. The zero-order valence-corrected chi connectivity index (χ0v) is 18.6. The van der Waals surface area contributed by atoms with Gasteiger partial charge in [-0.1, -0.05) is 47.5 Å². The number of benzene rings is 2. The van der Waals surface area contributed by atoms with E-state index in [9.17, 15) is 4.79 Å². The molecule has 2 rings (SSSR count).